The van der Waals surface area contributed by atoms with Crippen molar-refractivity contribution in [2.45, 2.75) is 63.6 Å². The number of imide groups is 1. The van der Waals surface area contributed by atoms with E-state index in [0.717, 1.165) is 25.7 Å². The van der Waals surface area contributed by atoms with Crippen LogP contribution in [0.15, 0.2) is 0 Å². The van der Waals surface area contributed by atoms with E-state index >= 15 is 0 Å². The number of rotatable bonds is 2. The first-order valence-corrected chi connectivity index (χ1v) is 7.53. The molecule has 3 saturated heterocycles. The summed E-state index contributed by atoms with van der Waals surface area (Å²) in [4.78, 5) is 39.2. The van der Waals surface area contributed by atoms with Crippen molar-refractivity contribution in [1.82, 2.24) is 15.1 Å². The van der Waals surface area contributed by atoms with Gasteiger partial charge in [-0.05, 0) is 32.6 Å². The molecule has 0 radical (unpaired) electrons. The maximum Gasteiger partial charge on any atom is 0.317 e. The third-order valence-corrected chi connectivity index (χ3v) is 4.73. The average Bonchev–Trinajstić information content (AvgIpc) is 2.88. The molecule has 3 rings (SSSR count). The summed E-state index contributed by atoms with van der Waals surface area (Å²) in [6, 6.07) is 0.344. The van der Waals surface area contributed by atoms with E-state index in [-0.39, 0.29) is 36.0 Å². The standard InChI is InChI=1S/C14H21N3O3/c1-2-15-14(20)16-9-3-4-10(16)8-11(7-9)17-12(18)5-6-13(17)19/h9-11H,2-8H2,1H3,(H,15,20). The summed E-state index contributed by atoms with van der Waals surface area (Å²) in [5.74, 6) is -0.0725. The second-order valence-corrected chi connectivity index (χ2v) is 5.91. The number of piperidine rings is 1. The average molecular weight is 279 g/mol. The minimum Gasteiger partial charge on any atom is -0.338 e. The number of urea groups is 1. The molecule has 2 bridgehead atoms. The van der Waals surface area contributed by atoms with Crippen molar-refractivity contribution in [2.24, 2.45) is 0 Å². The van der Waals surface area contributed by atoms with E-state index in [1.165, 1.54) is 4.90 Å². The van der Waals surface area contributed by atoms with Gasteiger partial charge in [-0.3, -0.25) is 14.5 Å². The first-order chi connectivity index (χ1) is 9.61. The second kappa shape index (κ2) is 5.07. The fourth-order valence-electron chi connectivity index (χ4n) is 3.93. The largest absolute Gasteiger partial charge is 0.338 e. The molecule has 20 heavy (non-hydrogen) atoms. The summed E-state index contributed by atoms with van der Waals surface area (Å²) in [7, 11) is 0. The van der Waals surface area contributed by atoms with Crippen molar-refractivity contribution in [3.05, 3.63) is 0 Å². The van der Waals surface area contributed by atoms with Gasteiger partial charge in [-0.25, -0.2) is 4.79 Å². The van der Waals surface area contributed by atoms with Gasteiger partial charge in [0.2, 0.25) is 11.8 Å². The highest BCUT2D eigenvalue weighted by Crippen LogP contribution is 2.38. The number of nitrogens with one attached hydrogen (secondary N) is 1. The van der Waals surface area contributed by atoms with E-state index in [1.54, 1.807) is 0 Å². The Hall–Kier alpha value is -1.59. The van der Waals surface area contributed by atoms with E-state index in [0.29, 0.717) is 19.4 Å². The highest BCUT2D eigenvalue weighted by molar-refractivity contribution is 6.02. The summed E-state index contributed by atoms with van der Waals surface area (Å²) in [5.41, 5.74) is 0. The lowest BCUT2D eigenvalue weighted by Crippen LogP contribution is -2.55. The van der Waals surface area contributed by atoms with E-state index in [9.17, 15) is 14.4 Å². The van der Waals surface area contributed by atoms with Crippen LogP contribution < -0.4 is 5.32 Å². The van der Waals surface area contributed by atoms with E-state index in [1.807, 2.05) is 11.8 Å². The summed E-state index contributed by atoms with van der Waals surface area (Å²) in [6.45, 7) is 2.54. The first-order valence-electron chi connectivity index (χ1n) is 7.53. The van der Waals surface area contributed by atoms with E-state index < -0.39 is 0 Å². The Morgan fingerprint density at radius 1 is 1.10 bits per heavy atom. The number of carbonyl (C=O) groups excluding carboxylic acids is 3. The normalized spacial score (nSPS) is 33.0. The van der Waals surface area contributed by atoms with Gasteiger partial charge in [-0.1, -0.05) is 0 Å². The fraction of sp³-hybridized carbons (Fsp3) is 0.786. The summed E-state index contributed by atoms with van der Waals surface area (Å²) in [5, 5.41) is 2.86. The number of amides is 4. The zero-order valence-electron chi connectivity index (χ0n) is 11.8. The van der Waals surface area contributed by atoms with Crippen LogP contribution in [0.25, 0.3) is 0 Å². The quantitative estimate of drug-likeness (QED) is 0.762. The Kier molecular flexibility index (Phi) is 3.40. The maximum atomic E-state index is 12.1. The molecule has 0 spiro atoms. The molecule has 1 N–H and O–H groups in total. The summed E-state index contributed by atoms with van der Waals surface area (Å²) >= 11 is 0. The predicted octanol–water partition coefficient (Wildman–Crippen LogP) is 0.860. The van der Waals surface area contributed by atoms with Crippen molar-refractivity contribution in [2.75, 3.05) is 6.54 Å². The summed E-state index contributed by atoms with van der Waals surface area (Å²) < 4.78 is 0. The van der Waals surface area contributed by atoms with Crippen LogP contribution in [0.1, 0.15) is 45.4 Å². The molecule has 6 heteroatoms. The van der Waals surface area contributed by atoms with Gasteiger partial charge in [0.05, 0.1) is 0 Å². The zero-order chi connectivity index (χ0) is 14.3. The maximum absolute atomic E-state index is 12.1. The van der Waals surface area contributed by atoms with Gasteiger partial charge in [0.25, 0.3) is 0 Å². The van der Waals surface area contributed by atoms with Gasteiger partial charge in [-0.15, -0.1) is 0 Å². The molecule has 3 heterocycles. The van der Waals surface area contributed by atoms with Crippen LogP contribution in [-0.2, 0) is 9.59 Å². The fourth-order valence-corrected chi connectivity index (χ4v) is 3.93. The van der Waals surface area contributed by atoms with Crippen molar-refractivity contribution in [3.8, 4) is 0 Å². The van der Waals surface area contributed by atoms with Crippen LogP contribution >= 0.6 is 0 Å². The van der Waals surface area contributed by atoms with Crippen LogP contribution in [0.5, 0.6) is 0 Å². The topological polar surface area (TPSA) is 69.7 Å². The van der Waals surface area contributed by atoms with Gasteiger partial charge in [0.1, 0.15) is 0 Å². The molecular weight excluding hydrogens is 258 g/mol. The Balaban J connectivity index is 1.72. The zero-order valence-corrected chi connectivity index (χ0v) is 11.8. The molecule has 6 nitrogen and oxygen atoms in total. The lowest BCUT2D eigenvalue weighted by atomic mass is 9.96. The minimum absolute atomic E-state index is 0.000626. The van der Waals surface area contributed by atoms with E-state index in [4.69, 9.17) is 0 Å². The third kappa shape index (κ3) is 2.07. The number of hydrogen-bond acceptors (Lipinski definition) is 3. The third-order valence-electron chi connectivity index (χ3n) is 4.73. The molecule has 4 amide bonds. The molecule has 0 saturated carbocycles. The van der Waals surface area contributed by atoms with Gasteiger partial charge >= 0.3 is 6.03 Å². The van der Waals surface area contributed by atoms with Gasteiger partial charge in [0.15, 0.2) is 0 Å². The molecular formula is C14H21N3O3. The number of likely N-dealkylation sites (tertiary alicyclic amines) is 1. The van der Waals surface area contributed by atoms with Gasteiger partial charge < -0.3 is 10.2 Å². The number of carbonyl (C=O) groups is 3. The van der Waals surface area contributed by atoms with Crippen molar-refractivity contribution in [3.63, 3.8) is 0 Å². The van der Waals surface area contributed by atoms with Crippen LogP contribution in [-0.4, -0.2) is 52.3 Å². The second-order valence-electron chi connectivity index (χ2n) is 5.91. The van der Waals surface area contributed by atoms with Gasteiger partial charge in [0, 0.05) is 37.5 Å². The van der Waals surface area contributed by atoms with Crippen LogP contribution in [0.3, 0.4) is 0 Å². The SMILES string of the molecule is CCNC(=O)N1C2CCC1CC(N1C(=O)CCC1=O)C2. The van der Waals surface area contributed by atoms with Crippen LogP contribution in [0, 0.1) is 0 Å². The molecule has 0 aromatic carbocycles. The van der Waals surface area contributed by atoms with Crippen molar-refractivity contribution >= 4 is 17.8 Å². The molecule has 3 aliphatic heterocycles. The van der Waals surface area contributed by atoms with Crippen LogP contribution in [0.2, 0.25) is 0 Å². The highest BCUT2D eigenvalue weighted by Gasteiger charge is 2.47. The molecule has 3 aliphatic rings. The van der Waals surface area contributed by atoms with E-state index in [2.05, 4.69) is 5.32 Å². The number of fused-ring (bicyclic) bond motifs is 2. The Morgan fingerprint density at radius 3 is 2.15 bits per heavy atom. The molecule has 2 atom stereocenters. The number of hydrogen-bond donors (Lipinski definition) is 1. The van der Waals surface area contributed by atoms with Crippen LogP contribution in [0.4, 0.5) is 4.79 Å². The molecule has 0 aromatic rings. The number of nitrogens with zero attached hydrogens (tertiary/aromatic N) is 2. The predicted molar refractivity (Wildman–Crippen MR) is 71.8 cm³/mol. The molecule has 0 aliphatic carbocycles. The lowest BCUT2D eigenvalue weighted by molar-refractivity contribution is -0.142. The Morgan fingerprint density at radius 2 is 1.65 bits per heavy atom. The molecule has 2 unspecified atom stereocenters. The van der Waals surface area contributed by atoms with Crippen molar-refractivity contribution < 1.29 is 14.4 Å². The molecule has 0 aromatic heterocycles. The first kappa shape index (κ1) is 13.4. The van der Waals surface area contributed by atoms with Gasteiger partial charge in [-0.2, -0.15) is 0 Å². The monoisotopic (exact) mass is 279 g/mol. The Bertz CT molecular complexity index is 421. The lowest BCUT2D eigenvalue weighted by Gasteiger charge is -2.41. The summed E-state index contributed by atoms with van der Waals surface area (Å²) in [6.07, 6.45) is 4.15. The Labute approximate surface area is 118 Å². The molecule has 3 fully saturated rings. The minimum atomic E-state index is -0.0362. The molecule has 110 valence electrons. The highest BCUT2D eigenvalue weighted by atomic mass is 16.2. The van der Waals surface area contributed by atoms with Crippen molar-refractivity contribution in [1.29, 1.82) is 0 Å². The smallest absolute Gasteiger partial charge is 0.317 e.